The minimum atomic E-state index is -1.10. The SMILES string of the molecule is CC(CN(C)C)NC(=O)Nc1cc(Cl)cc(C(=O)O)c1. The Kier molecular flexibility index (Phi) is 5.79. The molecule has 3 N–H and O–H groups in total. The van der Waals surface area contributed by atoms with Gasteiger partial charge in [-0.25, -0.2) is 9.59 Å². The molecule has 110 valence electrons. The monoisotopic (exact) mass is 299 g/mol. The smallest absolute Gasteiger partial charge is 0.335 e. The lowest BCUT2D eigenvalue weighted by Gasteiger charge is -2.18. The summed E-state index contributed by atoms with van der Waals surface area (Å²) in [6.45, 7) is 2.57. The van der Waals surface area contributed by atoms with E-state index >= 15 is 0 Å². The largest absolute Gasteiger partial charge is 0.478 e. The Bertz CT molecular complexity index is 506. The van der Waals surface area contributed by atoms with Crippen molar-refractivity contribution in [2.24, 2.45) is 0 Å². The van der Waals surface area contributed by atoms with E-state index in [0.717, 1.165) is 0 Å². The number of nitrogens with zero attached hydrogens (tertiary/aromatic N) is 1. The summed E-state index contributed by atoms with van der Waals surface area (Å²) < 4.78 is 0. The van der Waals surface area contributed by atoms with Gasteiger partial charge in [-0.2, -0.15) is 0 Å². The number of aromatic carboxylic acids is 1. The van der Waals surface area contributed by atoms with Crippen LogP contribution in [0, 0.1) is 0 Å². The van der Waals surface area contributed by atoms with E-state index in [4.69, 9.17) is 16.7 Å². The highest BCUT2D eigenvalue weighted by atomic mass is 35.5. The molecule has 1 aromatic rings. The Morgan fingerprint density at radius 1 is 1.35 bits per heavy atom. The Morgan fingerprint density at radius 3 is 2.55 bits per heavy atom. The number of carboxylic acid groups (broad SMARTS) is 1. The first-order chi connectivity index (χ1) is 9.27. The summed E-state index contributed by atoms with van der Waals surface area (Å²) in [5.41, 5.74) is 0.360. The molecule has 1 aromatic carbocycles. The van der Waals surface area contributed by atoms with Crippen LogP contribution < -0.4 is 10.6 Å². The van der Waals surface area contributed by atoms with Crippen LogP contribution in [0.5, 0.6) is 0 Å². The molecule has 20 heavy (non-hydrogen) atoms. The van der Waals surface area contributed by atoms with Crippen molar-refractivity contribution in [2.45, 2.75) is 13.0 Å². The molecule has 0 radical (unpaired) electrons. The Hall–Kier alpha value is -1.79. The number of carboxylic acids is 1. The highest BCUT2D eigenvalue weighted by Gasteiger charge is 2.11. The van der Waals surface area contributed by atoms with Gasteiger partial charge in [0, 0.05) is 23.3 Å². The van der Waals surface area contributed by atoms with Crippen LogP contribution in [-0.2, 0) is 0 Å². The summed E-state index contributed by atoms with van der Waals surface area (Å²) in [5, 5.41) is 14.5. The predicted octanol–water partition coefficient (Wildman–Crippen LogP) is 2.11. The van der Waals surface area contributed by atoms with E-state index in [9.17, 15) is 9.59 Å². The van der Waals surface area contributed by atoms with Gasteiger partial charge in [0.1, 0.15) is 0 Å². The highest BCUT2D eigenvalue weighted by molar-refractivity contribution is 6.31. The minimum Gasteiger partial charge on any atom is -0.478 e. The number of hydrogen-bond donors (Lipinski definition) is 3. The third-order valence-corrected chi connectivity index (χ3v) is 2.64. The predicted molar refractivity (Wildman–Crippen MR) is 78.6 cm³/mol. The number of nitrogens with one attached hydrogen (secondary N) is 2. The zero-order valence-corrected chi connectivity index (χ0v) is 12.4. The molecule has 1 unspecified atom stereocenters. The van der Waals surface area contributed by atoms with Crippen molar-refractivity contribution in [2.75, 3.05) is 26.0 Å². The van der Waals surface area contributed by atoms with Crippen LogP contribution in [0.4, 0.5) is 10.5 Å². The lowest BCUT2D eigenvalue weighted by molar-refractivity contribution is 0.0697. The molecule has 6 nitrogen and oxygen atoms in total. The van der Waals surface area contributed by atoms with Crippen LogP contribution in [0.15, 0.2) is 18.2 Å². The number of rotatable bonds is 5. The molecule has 2 amide bonds. The summed E-state index contributed by atoms with van der Waals surface area (Å²) in [6.07, 6.45) is 0. The summed E-state index contributed by atoms with van der Waals surface area (Å²) in [7, 11) is 3.82. The van der Waals surface area contributed by atoms with Gasteiger partial charge in [0.25, 0.3) is 0 Å². The van der Waals surface area contributed by atoms with Crippen LogP contribution in [0.1, 0.15) is 17.3 Å². The number of likely N-dealkylation sites (N-methyl/N-ethyl adjacent to an activating group) is 1. The quantitative estimate of drug-likeness (QED) is 0.778. The molecule has 0 aromatic heterocycles. The topological polar surface area (TPSA) is 81.7 Å². The zero-order valence-electron chi connectivity index (χ0n) is 11.6. The van der Waals surface area contributed by atoms with Gasteiger partial charge in [-0.05, 0) is 39.2 Å². The summed E-state index contributed by atoms with van der Waals surface area (Å²) in [4.78, 5) is 24.6. The van der Waals surface area contributed by atoms with E-state index < -0.39 is 12.0 Å². The Labute approximate surface area is 122 Å². The lowest BCUT2D eigenvalue weighted by Crippen LogP contribution is -2.41. The van der Waals surface area contributed by atoms with Gasteiger partial charge >= 0.3 is 12.0 Å². The first-order valence-electron chi connectivity index (χ1n) is 6.04. The van der Waals surface area contributed by atoms with Gasteiger partial charge in [-0.3, -0.25) is 0 Å². The van der Waals surface area contributed by atoms with Gasteiger partial charge in [0.15, 0.2) is 0 Å². The number of urea groups is 1. The number of anilines is 1. The third kappa shape index (κ3) is 5.46. The average molecular weight is 300 g/mol. The van der Waals surface area contributed by atoms with Crippen molar-refractivity contribution in [1.29, 1.82) is 0 Å². The normalized spacial score (nSPS) is 12.1. The average Bonchev–Trinajstić information content (AvgIpc) is 2.25. The second-order valence-corrected chi connectivity index (χ2v) is 5.23. The Morgan fingerprint density at radius 2 is 2.00 bits per heavy atom. The zero-order chi connectivity index (χ0) is 15.3. The molecule has 1 atom stereocenters. The van der Waals surface area contributed by atoms with E-state index in [1.165, 1.54) is 18.2 Å². The first-order valence-corrected chi connectivity index (χ1v) is 6.42. The van der Waals surface area contributed by atoms with Gasteiger partial charge in [-0.15, -0.1) is 0 Å². The fraction of sp³-hybridized carbons (Fsp3) is 0.385. The number of hydrogen-bond acceptors (Lipinski definition) is 3. The molecule has 0 fully saturated rings. The van der Waals surface area contributed by atoms with Crippen LogP contribution in [0.25, 0.3) is 0 Å². The van der Waals surface area contributed by atoms with Crippen molar-refractivity contribution in [3.05, 3.63) is 28.8 Å². The van der Waals surface area contributed by atoms with Crippen molar-refractivity contribution in [3.8, 4) is 0 Å². The number of benzene rings is 1. The summed E-state index contributed by atoms with van der Waals surface area (Å²) >= 11 is 5.81. The molecular weight excluding hydrogens is 282 g/mol. The molecule has 1 rings (SSSR count). The number of carbonyl (C=O) groups excluding carboxylic acids is 1. The molecule has 0 bridgehead atoms. The van der Waals surface area contributed by atoms with E-state index in [2.05, 4.69) is 10.6 Å². The molecule has 7 heteroatoms. The van der Waals surface area contributed by atoms with Crippen LogP contribution in [0.3, 0.4) is 0 Å². The van der Waals surface area contributed by atoms with Gasteiger partial charge in [-0.1, -0.05) is 11.6 Å². The molecule has 0 saturated carbocycles. The maximum Gasteiger partial charge on any atom is 0.335 e. The van der Waals surface area contributed by atoms with E-state index in [1.807, 2.05) is 25.9 Å². The molecule has 0 spiro atoms. The van der Waals surface area contributed by atoms with E-state index in [1.54, 1.807) is 0 Å². The second kappa shape index (κ2) is 7.12. The second-order valence-electron chi connectivity index (χ2n) is 4.80. The van der Waals surface area contributed by atoms with Crippen LogP contribution in [0.2, 0.25) is 5.02 Å². The fourth-order valence-corrected chi connectivity index (χ4v) is 2.00. The number of amides is 2. The van der Waals surface area contributed by atoms with E-state index in [-0.39, 0.29) is 16.6 Å². The standard InChI is InChI=1S/C13H18ClN3O3/c1-8(7-17(2)3)15-13(20)16-11-5-9(12(18)19)4-10(14)6-11/h4-6,8H,7H2,1-3H3,(H,18,19)(H2,15,16,20). The van der Waals surface area contributed by atoms with Crippen molar-refractivity contribution in [3.63, 3.8) is 0 Å². The molecule has 0 saturated heterocycles. The Balaban J connectivity index is 2.68. The molecule has 0 aliphatic rings. The van der Waals surface area contributed by atoms with Gasteiger partial charge in [0.2, 0.25) is 0 Å². The molecule has 0 aliphatic heterocycles. The maximum atomic E-state index is 11.8. The van der Waals surface area contributed by atoms with Gasteiger partial charge < -0.3 is 20.6 Å². The number of carbonyl (C=O) groups is 2. The van der Waals surface area contributed by atoms with E-state index in [0.29, 0.717) is 12.2 Å². The molecule has 0 heterocycles. The molecular formula is C13H18ClN3O3. The van der Waals surface area contributed by atoms with Crippen molar-refractivity contribution < 1.29 is 14.7 Å². The summed E-state index contributed by atoms with van der Waals surface area (Å²) in [6, 6.07) is 3.72. The lowest BCUT2D eigenvalue weighted by atomic mass is 10.2. The van der Waals surface area contributed by atoms with Crippen LogP contribution in [-0.4, -0.2) is 48.7 Å². The first kappa shape index (κ1) is 16.3. The number of halogens is 1. The van der Waals surface area contributed by atoms with Crippen LogP contribution >= 0.6 is 11.6 Å². The third-order valence-electron chi connectivity index (χ3n) is 2.42. The maximum absolute atomic E-state index is 11.8. The van der Waals surface area contributed by atoms with Crippen molar-refractivity contribution >= 4 is 29.3 Å². The highest BCUT2D eigenvalue weighted by Crippen LogP contribution is 2.19. The summed E-state index contributed by atoms with van der Waals surface area (Å²) in [5.74, 6) is -1.10. The minimum absolute atomic E-state index is 0.0224. The van der Waals surface area contributed by atoms with Gasteiger partial charge in [0.05, 0.1) is 5.56 Å². The fourth-order valence-electron chi connectivity index (χ4n) is 1.77. The molecule has 0 aliphatic carbocycles. The van der Waals surface area contributed by atoms with Crippen molar-refractivity contribution in [1.82, 2.24) is 10.2 Å².